The predicted molar refractivity (Wildman–Crippen MR) is 154 cm³/mol. The topological polar surface area (TPSA) is 52.0 Å². The van der Waals surface area contributed by atoms with Crippen LogP contribution in [0.1, 0.15) is 59.2 Å². The Labute approximate surface area is 228 Å². The lowest BCUT2D eigenvalue weighted by atomic mass is 9.62. The minimum Gasteiger partial charge on any atom is -0.293 e. The van der Waals surface area contributed by atoms with Crippen molar-refractivity contribution in [2.45, 2.75) is 62.1 Å². The smallest absolute Gasteiger partial charge is 0.258 e. The van der Waals surface area contributed by atoms with Crippen molar-refractivity contribution in [3.8, 4) is 11.3 Å². The first-order chi connectivity index (χ1) is 18.6. The average Bonchev–Trinajstić information content (AvgIpc) is 2.96. The van der Waals surface area contributed by atoms with Crippen LogP contribution in [0.25, 0.3) is 11.3 Å². The highest BCUT2D eigenvalue weighted by molar-refractivity contribution is 7.99. The van der Waals surface area contributed by atoms with Crippen molar-refractivity contribution >= 4 is 17.5 Å². The van der Waals surface area contributed by atoms with Crippen molar-refractivity contribution in [2.75, 3.05) is 5.75 Å². The van der Waals surface area contributed by atoms with Gasteiger partial charge in [-0.05, 0) is 36.8 Å². The van der Waals surface area contributed by atoms with Crippen molar-refractivity contribution in [1.29, 1.82) is 0 Å². The normalized spacial score (nSPS) is 15.6. The number of hydrogen-bond acceptors (Lipinski definition) is 4. The molecule has 0 unspecified atom stereocenters. The molecule has 38 heavy (non-hydrogen) atoms. The summed E-state index contributed by atoms with van der Waals surface area (Å²) in [6, 6.07) is 28.1. The van der Waals surface area contributed by atoms with Crippen LogP contribution >= 0.6 is 11.8 Å². The van der Waals surface area contributed by atoms with Gasteiger partial charge in [0.2, 0.25) is 0 Å². The molecular formula is C33H32N2O2S. The fraction of sp³-hybridized carbons (Fsp3) is 0.303. The summed E-state index contributed by atoms with van der Waals surface area (Å²) in [6.45, 7) is 0.544. The van der Waals surface area contributed by atoms with Crippen LogP contribution in [0.4, 0.5) is 0 Å². The summed E-state index contributed by atoms with van der Waals surface area (Å²) in [5, 5.41) is 0.636. The van der Waals surface area contributed by atoms with Crippen molar-refractivity contribution in [2.24, 2.45) is 0 Å². The number of aryl methyl sites for hydroxylation is 1. The van der Waals surface area contributed by atoms with Gasteiger partial charge in [0, 0.05) is 23.1 Å². The number of carbonyl (C=O) groups is 1. The lowest BCUT2D eigenvalue weighted by Crippen LogP contribution is -2.43. The Balaban J connectivity index is 1.45. The monoisotopic (exact) mass is 520 g/mol. The summed E-state index contributed by atoms with van der Waals surface area (Å²) >= 11 is 1.38. The van der Waals surface area contributed by atoms with E-state index in [0.29, 0.717) is 17.3 Å². The first-order valence-electron chi connectivity index (χ1n) is 13.6. The van der Waals surface area contributed by atoms with E-state index in [4.69, 9.17) is 4.98 Å². The minimum atomic E-state index is -0.149. The van der Waals surface area contributed by atoms with E-state index >= 15 is 0 Å². The van der Waals surface area contributed by atoms with E-state index in [1.54, 1.807) is 0 Å². The molecule has 3 aromatic carbocycles. The molecule has 1 heterocycles. The zero-order valence-corrected chi connectivity index (χ0v) is 22.4. The summed E-state index contributed by atoms with van der Waals surface area (Å²) in [6.07, 6.45) is 7.23. The zero-order chi connectivity index (χ0) is 26.0. The summed E-state index contributed by atoms with van der Waals surface area (Å²) in [7, 11) is 0. The number of ketones is 1. The molecule has 1 saturated carbocycles. The molecule has 1 spiro atoms. The van der Waals surface area contributed by atoms with Crippen LogP contribution in [0.2, 0.25) is 0 Å². The first-order valence-corrected chi connectivity index (χ1v) is 14.6. The molecule has 6 rings (SSSR count). The van der Waals surface area contributed by atoms with Crippen molar-refractivity contribution in [3.63, 3.8) is 0 Å². The zero-order valence-electron chi connectivity index (χ0n) is 21.6. The van der Waals surface area contributed by atoms with Gasteiger partial charge in [0.25, 0.3) is 5.56 Å². The van der Waals surface area contributed by atoms with E-state index in [2.05, 4.69) is 30.3 Å². The van der Waals surface area contributed by atoms with Gasteiger partial charge in [-0.3, -0.25) is 14.2 Å². The Bertz CT molecular complexity index is 1510. The Morgan fingerprint density at radius 1 is 0.868 bits per heavy atom. The number of aromatic nitrogens is 2. The number of carbonyl (C=O) groups excluding carboxylic acids is 1. The second-order valence-electron chi connectivity index (χ2n) is 10.6. The quantitative estimate of drug-likeness (QED) is 0.151. The molecule has 0 N–H and O–H groups in total. The molecule has 2 aliphatic carbocycles. The van der Waals surface area contributed by atoms with Gasteiger partial charge in [0.05, 0.1) is 17.0 Å². The predicted octanol–water partition coefficient (Wildman–Crippen LogP) is 6.89. The third-order valence-electron chi connectivity index (χ3n) is 8.17. The van der Waals surface area contributed by atoms with E-state index in [9.17, 15) is 9.59 Å². The molecule has 4 aromatic rings. The highest BCUT2D eigenvalue weighted by atomic mass is 32.2. The van der Waals surface area contributed by atoms with Crippen LogP contribution in [0.5, 0.6) is 0 Å². The second kappa shape index (κ2) is 10.7. The van der Waals surface area contributed by atoms with Gasteiger partial charge in [-0.15, -0.1) is 0 Å². The average molecular weight is 521 g/mol. The fourth-order valence-electron chi connectivity index (χ4n) is 6.25. The van der Waals surface area contributed by atoms with E-state index in [1.165, 1.54) is 29.3 Å². The first kappa shape index (κ1) is 24.9. The van der Waals surface area contributed by atoms with Gasteiger partial charge in [-0.25, -0.2) is 4.98 Å². The van der Waals surface area contributed by atoms with E-state index in [1.807, 2.05) is 59.2 Å². The van der Waals surface area contributed by atoms with Crippen LogP contribution in [-0.2, 0) is 24.8 Å². The van der Waals surface area contributed by atoms with E-state index < -0.39 is 0 Å². The molecular weight excluding hydrogens is 488 g/mol. The number of benzene rings is 3. The number of Topliss-reactive ketones (excluding diaryl/α,β-unsaturated/α-hetero) is 1. The molecule has 1 fully saturated rings. The highest BCUT2D eigenvalue weighted by Gasteiger charge is 2.43. The van der Waals surface area contributed by atoms with Gasteiger partial charge in [0.15, 0.2) is 10.9 Å². The van der Waals surface area contributed by atoms with Gasteiger partial charge in [-0.1, -0.05) is 116 Å². The number of hydrogen-bond donors (Lipinski definition) is 0. The maximum absolute atomic E-state index is 14.5. The molecule has 5 heteroatoms. The largest absolute Gasteiger partial charge is 0.293 e. The Morgan fingerprint density at radius 3 is 2.32 bits per heavy atom. The van der Waals surface area contributed by atoms with E-state index in [-0.39, 0.29) is 22.5 Å². The number of nitrogens with zero attached hydrogens (tertiary/aromatic N) is 2. The summed E-state index contributed by atoms with van der Waals surface area (Å²) in [5.41, 5.74) is 5.90. The molecule has 2 aliphatic rings. The molecule has 192 valence electrons. The molecule has 4 nitrogen and oxygen atoms in total. The minimum absolute atomic E-state index is 0.0429. The second-order valence-corrected chi connectivity index (χ2v) is 11.5. The SMILES string of the molecule is O=C(CSc1nc2c(c(=O)n1CCc1ccccc1)C1(CCCCC1)Cc1ccccc1-2)c1ccccc1. The van der Waals surface area contributed by atoms with Crippen molar-refractivity contribution in [3.05, 3.63) is 118 Å². The molecule has 0 saturated heterocycles. The number of rotatable bonds is 7. The van der Waals surface area contributed by atoms with Crippen LogP contribution in [-0.4, -0.2) is 21.1 Å². The standard InChI is InChI=1S/C33H32N2O2S/c36-28(25-14-6-2-7-15-25)23-38-32-34-30-27-17-9-8-16-26(27)22-33(19-10-3-11-20-33)29(30)31(37)35(32)21-18-24-12-4-1-5-13-24/h1-2,4-9,12-17H,3,10-11,18-23H2. The Morgan fingerprint density at radius 2 is 1.55 bits per heavy atom. The lowest BCUT2D eigenvalue weighted by molar-refractivity contribution is 0.102. The van der Waals surface area contributed by atoms with Crippen LogP contribution < -0.4 is 5.56 Å². The summed E-state index contributed by atoms with van der Waals surface area (Å²) in [5.74, 6) is 0.286. The highest BCUT2D eigenvalue weighted by Crippen LogP contribution is 2.48. The Hall–Kier alpha value is -3.44. The maximum atomic E-state index is 14.5. The molecule has 0 amide bonds. The Kier molecular flexibility index (Phi) is 7.03. The number of fused-ring (bicyclic) bond motifs is 4. The van der Waals surface area contributed by atoms with Crippen LogP contribution in [0.3, 0.4) is 0 Å². The molecule has 0 bridgehead atoms. The fourth-order valence-corrected chi connectivity index (χ4v) is 7.16. The summed E-state index contributed by atoms with van der Waals surface area (Å²) in [4.78, 5) is 32.7. The van der Waals surface area contributed by atoms with Gasteiger partial charge in [-0.2, -0.15) is 0 Å². The third kappa shape index (κ3) is 4.76. The van der Waals surface area contributed by atoms with Gasteiger partial charge < -0.3 is 0 Å². The van der Waals surface area contributed by atoms with Gasteiger partial charge >= 0.3 is 0 Å². The van der Waals surface area contributed by atoms with Crippen LogP contribution in [0, 0.1) is 0 Å². The molecule has 0 atom stereocenters. The van der Waals surface area contributed by atoms with Crippen LogP contribution in [0.15, 0.2) is 94.9 Å². The third-order valence-corrected chi connectivity index (χ3v) is 9.15. The van der Waals surface area contributed by atoms with Crippen molar-refractivity contribution in [1.82, 2.24) is 9.55 Å². The van der Waals surface area contributed by atoms with E-state index in [0.717, 1.165) is 55.3 Å². The summed E-state index contributed by atoms with van der Waals surface area (Å²) < 4.78 is 1.86. The van der Waals surface area contributed by atoms with Gasteiger partial charge in [0.1, 0.15) is 0 Å². The molecule has 0 aliphatic heterocycles. The van der Waals surface area contributed by atoms with Crippen molar-refractivity contribution < 1.29 is 4.79 Å². The molecule has 1 aromatic heterocycles. The molecule has 0 radical (unpaired) electrons. The number of thioether (sulfide) groups is 1. The lowest BCUT2D eigenvalue weighted by Gasteiger charge is -2.42. The maximum Gasteiger partial charge on any atom is 0.258 e.